The SMILES string of the molecule is CN(Cc1ncc[nH]1)C(=O)c1ccnc(N)c1F. The van der Waals surface area contributed by atoms with Gasteiger partial charge in [0.1, 0.15) is 5.82 Å². The van der Waals surface area contributed by atoms with Crippen LogP contribution in [0.5, 0.6) is 0 Å². The van der Waals surface area contributed by atoms with Crippen LogP contribution in [0.4, 0.5) is 10.2 Å². The van der Waals surface area contributed by atoms with Crippen LogP contribution in [-0.2, 0) is 6.54 Å². The number of nitrogens with one attached hydrogen (secondary N) is 1. The van der Waals surface area contributed by atoms with Crippen molar-refractivity contribution in [2.75, 3.05) is 12.8 Å². The van der Waals surface area contributed by atoms with Gasteiger partial charge in [-0.15, -0.1) is 0 Å². The summed E-state index contributed by atoms with van der Waals surface area (Å²) < 4.78 is 13.6. The van der Waals surface area contributed by atoms with E-state index in [2.05, 4.69) is 15.0 Å². The second kappa shape index (κ2) is 4.82. The maximum Gasteiger partial charge on any atom is 0.257 e. The van der Waals surface area contributed by atoms with Gasteiger partial charge in [0.25, 0.3) is 5.91 Å². The first-order valence-electron chi connectivity index (χ1n) is 5.23. The molecule has 0 atom stereocenters. The van der Waals surface area contributed by atoms with Crippen LogP contribution in [-0.4, -0.2) is 32.8 Å². The van der Waals surface area contributed by atoms with Gasteiger partial charge in [-0.2, -0.15) is 0 Å². The second-order valence-electron chi connectivity index (χ2n) is 3.75. The number of hydrogen-bond donors (Lipinski definition) is 2. The van der Waals surface area contributed by atoms with E-state index in [1.165, 1.54) is 17.2 Å². The molecule has 0 spiro atoms. The molecule has 18 heavy (non-hydrogen) atoms. The van der Waals surface area contributed by atoms with Crippen molar-refractivity contribution in [3.63, 3.8) is 0 Å². The predicted molar refractivity (Wildman–Crippen MR) is 63.0 cm³/mol. The van der Waals surface area contributed by atoms with E-state index in [-0.39, 0.29) is 17.9 Å². The first-order valence-corrected chi connectivity index (χ1v) is 5.23. The number of carbonyl (C=O) groups is 1. The van der Waals surface area contributed by atoms with Crippen molar-refractivity contribution in [1.82, 2.24) is 19.9 Å². The number of nitrogens with zero attached hydrogens (tertiary/aromatic N) is 3. The number of pyridine rings is 1. The third kappa shape index (κ3) is 2.29. The molecule has 2 aromatic rings. The zero-order valence-corrected chi connectivity index (χ0v) is 9.72. The molecule has 0 radical (unpaired) electrons. The fourth-order valence-corrected chi connectivity index (χ4v) is 1.51. The van der Waals surface area contributed by atoms with Crippen LogP contribution in [0.3, 0.4) is 0 Å². The summed E-state index contributed by atoms with van der Waals surface area (Å²) >= 11 is 0. The third-order valence-electron chi connectivity index (χ3n) is 2.44. The number of aromatic amines is 1. The number of aromatic nitrogens is 3. The number of imidazole rings is 1. The molecule has 0 unspecified atom stereocenters. The molecule has 0 aliphatic carbocycles. The van der Waals surface area contributed by atoms with Gasteiger partial charge in [-0.25, -0.2) is 14.4 Å². The Labute approximate surface area is 103 Å². The van der Waals surface area contributed by atoms with Crippen LogP contribution in [0.1, 0.15) is 16.2 Å². The van der Waals surface area contributed by atoms with Crippen molar-refractivity contribution >= 4 is 11.7 Å². The molecule has 0 saturated heterocycles. The van der Waals surface area contributed by atoms with E-state index in [1.54, 1.807) is 19.4 Å². The van der Waals surface area contributed by atoms with Crippen LogP contribution < -0.4 is 5.73 Å². The Kier molecular flexibility index (Phi) is 3.22. The minimum absolute atomic E-state index is 0.100. The summed E-state index contributed by atoms with van der Waals surface area (Å²) in [5.74, 6) is -0.938. The van der Waals surface area contributed by atoms with Crippen molar-refractivity contribution in [3.05, 3.63) is 41.9 Å². The molecule has 1 amide bonds. The number of halogens is 1. The molecule has 2 aromatic heterocycles. The zero-order valence-electron chi connectivity index (χ0n) is 9.72. The molecule has 2 rings (SSSR count). The Balaban J connectivity index is 2.18. The van der Waals surface area contributed by atoms with E-state index >= 15 is 0 Å². The summed E-state index contributed by atoms with van der Waals surface area (Å²) in [6.07, 6.45) is 4.53. The maximum atomic E-state index is 13.6. The summed E-state index contributed by atoms with van der Waals surface area (Å²) in [4.78, 5) is 23.8. The lowest BCUT2D eigenvalue weighted by Crippen LogP contribution is -2.27. The lowest BCUT2D eigenvalue weighted by atomic mass is 10.2. The van der Waals surface area contributed by atoms with Gasteiger partial charge < -0.3 is 15.6 Å². The van der Waals surface area contributed by atoms with Gasteiger partial charge >= 0.3 is 0 Å². The van der Waals surface area contributed by atoms with Crippen LogP contribution in [0.2, 0.25) is 0 Å². The van der Waals surface area contributed by atoms with Crippen molar-refractivity contribution in [2.24, 2.45) is 0 Å². The Morgan fingerprint density at radius 3 is 2.94 bits per heavy atom. The number of nitrogen functional groups attached to an aromatic ring is 1. The van der Waals surface area contributed by atoms with Crippen molar-refractivity contribution in [1.29, 1.82) is 0 Å². The number of rotatable bonds is 3. The summed E-state index contributed by atoms with van der Waals surface area (Å²) in [5.41, 5.74) is 5.22. The molecule has 2 heterocycles. The summed E-state index contributed by atoms with van der Waals surface area (Å²) in [7, 11) is 1.56. The summed E-state index contributed by atoms with van der Waals surface area (Å²) in [6, 6.07) is 1.30. The fourth-order valence-electron chi connectivity index (χ4n) is 1.51. The number of anilines is 1. The largest absolute Gasteiger partial charge is 0.381 e. The van der Waals surface area contributed by atoms with Gasteiger partial charge in [0.15, 0.2) is 11.6 Å². The van der Waals surface area contributed by atoms with Gasteiger partial charge in [0.2, 0.25) is 0 Å². The number of carbonyl (C=O) groups excluding carboxylic acids is 1. The molecule has 0 aliphatic heterocycles. The molecule has 0 saturated carbocycles. The molecule has 0 bridgehead atoms. The lowest BCUT2D eigenvalue weighted by Gasteiger charge is -2.16. The maximum absolute atomic E-state index is 13.6. The quantitative estimate of drug-likeness (QED) is 0.842. The van der Waals surface area contributed by atoms with Gasteiger partial charge in [0.05, 0.1) is 12.1 Å². The van der Waals surface area contributed by atoms with Gasteiger partial charge in [0, 0.05) is 25.6 Å². The minimum atomic E-state index is -0.797. The average Bonchev–Trinajstić information content (AvgIpc) is 2.84. The standard InChI is InChI=1S/C11H12FN5O/c1-17(6-8-14-4-5-15-8)11(18)7-2-3-16-10(13)9(7)12/h2-5H,6H2,1H3,(H2,13,16)(H,14,15). The monoisotopic (exact) mass is 249 g/mol. The summed E-state index contributed by atoms with van der Waals surface area (Å²) in [6.45, 7) is 0.257. The highest BCUT2D eigenvalue weighted by Crippen LogP contribution is 2.14. The Morgan fingerprint density at radius 2 is 2.28 bits per heavy atom. The topological polar surface area (TPSA) is 87.9 Å². The second-order valence-corrected chi connectivity index (χ2v) is 3.75. The minimum Gasteiger partial charge on any atom is -0.381 e. The first kappa shape index (κ1) is 12.0. The molecule has 7 heteroatoms. The van der Waals surface area contributed by atoms with Crippen molar-refractivity contribution in [2.45, 2.75) is 6.54 Å². The van der Waals surface area contributed by atoms with E-state index in [1.807, 2.05) is 0 Å². The molecule has 0 aliphatic rings. The van der Waals surface area contributed by atoms with Gasteiger partial charge in [-0.05, 0) is 6.07 Å². The highest BCUT2D eigenvalue weighted by Gasteiger charge is 2.18. The van der Waals surface area contributed by atoms with E-state index < -0.39 is 11.7 Å². The average molecular weight is 249 g/mol. The highest BCUT2D eigenvalue weighted by atomic mass is 19.1. The smallest absolute Gasteiger partial charge is 0.257 e. The Morgan fingerprint density at radius 1 is 1.50 bits per heavy atom. The number of amides is 1. The highest BCUT2D eigenvalue weighted by molar-refractivity contribution is 5.94. The number of nitrogens with two attached hydrogens (primary N) is 1. The predicted octanol–water partition coefficient (Wildman–Crippen LogP) is 0.798. The lowest BCUT2D eigenvalue weighted by molar-refractivity contribution is 0.0777. The van der Waals surface area contributed by atoms with E-state index in [4.69, 9.17) is 5.73 Å². The van der Waals surface area contributed by atoms with Gasteiger partial charge in [-0.3, -0.25) is 4.79 Å². The fraction of sp³-hybridized carbons (Fsp3) is 0.182. The number of H-pyrrole nitrogens is 1. The molecule has 94 valence electrons. The molecular weight excluding hydrogens is 237 g/mol. The van der Waals surface area contributed by atoms with Crippen molar-refractivity contribution < 1.29 is 9.18 Å². The molecular formula is C11H12FN5O. The first-order chi connectivity index (χ1) is 8.59. The number of hydrogen-bond acceptors (Lipinski definition) is 4. The summed E-state index contributed by atoms with van der Waals surface area (Å²) in [5, 5.41) is 0. The third-order valence-corrected chi connectivity index (χ3v) is 2.44. The normalized spacial score (nSPS) is 10.3. The van der Waals surface area contributed by atoms with Crippen LogP contribution >= 0.6 is 0 Å². The molecule has 3 N–H and O–H groups in total. The van der Waals surface area contributed by atoms with Crippen LogP contribution in [0.25, 0.3) is 0 Å². The van der Waals surface area contributed by atoms with Crippen molar-refractivity contribution in [3.8, 4) is 0 Å². The molecule has 6 nitrogen and oxygen atoms in total. The molecule has 0 fully saturated rings. The van der Waals surface area contributed by atoms with E-state index in [0.717, 1.165) is 0 Å². The Bertz CT molecular complexity index is 555. The van der Waals surface area contributed by atoms with Gasteiger partial charge in [-0.1, -0.05) is 0 Å². The van der Waals surface area contributed by atoms with E-state index in [0.29, 0.717) is 5.82 Å². The van der Waals surface area contributed by atoms with Crippen LogP contribution in [0.15, 0.2) is 24.7 Å². The Hall–Kier alpha value is -2.44. The van der Waals surface area contributed by atoms with E-state index in [9.17, 15) is 9.18 Å². The van der Waals surface area contributed by atoms with Crippen LogP contribution in [0, 0.1) is 5.82 Å². The molecule has 0 aromatic carbocycles. The zero-order chi connectivity index (χ0) is 13.1.